The Kier molecular flexibility index (Phi) is 7.39. The summed E-state index contributed by atoms with van der Waals surface area (Å²) in [6.07, 6.45) is 1.61. The lowest BCUT2D eigenvalue weighted by Crippen LogP contribution is -2.44. The second-order valence-corrected chi connectivity index (χ2v) is 6.58. The van der Waals surface area contributed by atoms with Crippen LogP contribution in [-0.4, -0.2) is 63.7 Å². The van der Waals surface area contributed by atoms with Gasteiger partial charge in [0, 0.05) is 24.7 Å². The molecule has 0 unspecified atom stereocenters. The maximum atomic E-state index is 13.3. The maximum Gasteiger partial charge on any atom is 0.317 e. The van der Waals surface area contributed by atoms with E-state index in [1.165, 1.54) is 0 Å². The van der Waals surface area contributed by atoms with Gasteiger partial charge in [0.15, 0.2) is 17.5 Å². The van der Waals surface area contributed by atoms with Crippen molar-refractivity contribution in [1.29, 1.82) is 0 Å². The second kappa shape index (κ2) is 9.35. The molecule has 2 heterocycles. The van der Waals surface area contributed by atoms with Crippen molar-refractivity contribution in [1.82, 2.24) is 19.9 Å². The highest BCUT2D eigenvalue weighted by Gasteiger charge is 2.25. The highest BCUT2D eigenvalue weighted by Crippen LogP contribution is 2.22. The van der Waals surface area contributed by atoms with Gasteiger partial charge in [-0.25, -0.2) is 13.2 Å². The molecule has 11 heteroatoms. The highest BCUT2D eigenvalue weighted by molar-refractivity contribution is 5.85. The summed E-state index contributed by atoms with van der Waals surface area (Å²) in [6.45, 7) is 1.83. The van der Waals surface area contributed by atoms with E-state index in [4.69, 9.17) is 9.63 Å². The number of rotatable bonds is 6. The van der Waals surface area contributed by atoms with Gasteiger partial charge in [-0.3, -0.25) is 14.6 Å². The fraction of sp³-hybridized carbons (Fsp3) is 0.471. The Bertz CT molecular complexity index is 805. The molecular weight excluding hydrogens is 401 g/mol. The van der Waals surface area contributed by atoms with Gasteiger partial charge in [-0.2, -0.15) is 4.98 Å². The van der Waals surface area contributed by atoms with Gasteiger partial charge < -0.3 is 9.63 Å². The molecule has 7 nitrogen and oxygen atoms in total. The minimum atomic E-state index is -1.54. The van der Waals surface area contributed by atoms with Crippen LogP contribution in [0.3, 0.4) is 0 Å². The number of nitrogens with zero attached hydrogens (tertiary/aromatic N) is 4. The lowest BCUT2D eigenvalue weighted by Gasteiger charge is -2.35. The van der Waals surface area contributed by atoms with Crippen LogP contribution in [0.1, 0.15) is 18.7 Å². The number of carbonyl (C=O) groups is 1. The summed E-state index contributed by atoms with van der Waals surface area (Å²) in [7, 11) is 1.79. The van der Waals surface area contributed by atoms with Gasteiger partial charge >= 0.3 is 5.97 Å². The van der Waals surface area contributed by atoms with Crippen molar-refractivity contribution < 1.29 is 27.6 Å². The molecule has 3 rings (SSSR count). The summed E-state index contributed by atoms with van der Waals surface area (Å²) in [5.41, 5.74) is -0.00426. The van der Waals surface area contributed by atoms with Crippen molar-refractivity contribution in [3.8, 4) is 11.4 Å². The average molecular weight is 421 g/mol. The molecule has 154 valence electrons. The van der Waals surface area contributed by atoms with E-state index in [0.717, 1.165) is 38.1 Å². The van der Waals surface area contributed by atoms with E-state index >= 15 is 0 Å². The fourth-order valence-electron chi connectivity index (χ4n) is 3.17. The minimum absolute atomic E-state index is 0. The van der Waals surface area contributed by atoms with Crippen molar-refractivity contribution in [2.75, 3.05) is 26.7 Å². The van der Waals surface area contributed by atoms with E-state index in [-0.39, 0.29) is 42.3 Å². The molecule has 0 saturated carbocycles. The summed E-state index contributed by atoms with van der Waals surface area (Å²) in [6, 6.07) is 1.83. The molecule has 0 atom stereocenters. The van der Waals surface area contributed by atoms with Crippen LogP contribution in [0, 0.1) is 17.5 Å². The number of likely N-dealkylation sites (N-methyl/N-ethyl adjacent to an activating group) is 1. The number of carboxylic acids is 1. The third-order valence-electron chi connectivity index (χ3n) is 4.63. The topological polar surface area (TPSA) is 82.7 Å². The predicted octanol–water partition coefficient (Wildman–Crippen LogP) is 2.56. The zero-order chi connectivity index (χ0) is 19.6. The zero-order valence-corrected chi connectivity index (χ0v) is 15.9. The van der Waals surface area contributed by atoms with Crippen molar-refractivity contribution in [3.63, 3.8) is 0 Å². The lowest BCUT2D eigenvalue weighted by atomic mass is 10.0. The van der Waals surface area contributed by atoms with E-state index < -0.39 is 23.4 Å². The molecule has 1 aromatic heterocycles. The number of hydrogen-bond donors (Lipinski definition) is 1. The molecule has 2 aromatic rings. The quantitative estimate of drug-likeness (QED) is 0.719. The molecular formula is C17H20ClF3N4O3. The molecule has 0 radical (unpaired) electrons. The van der Waals surface area contributed by atoms with Gasteiger partial charge in [0.25, 0.3) is 0 Å². The van der Waals surface area contributed by atoms with Crippen LogP contribution in [0.15, 0.2) is 16.7 Å². The van der Waals surface area contributed by atoms with Gasteiger partial charge in [-0.15, -0.1) is 12.4 Å². The number of aromatic nitrogens is 2. The number of hydrogen-bond acceptors (Lipinski definition) is 6. The van der Waals surface area contributed by atoms with Crippen LogP contribution in [0.2, 0.25) is 0 Å². The first kappa shape index (κ1) is 22.1. The summed E-state index contributed by atoms with van der Waals surface area (Å²) in [5.74, 6) is -4.76. The van der Waals surface area contributed by atoms with E-state index in [0.29, 0.717) is 6.54 Å². The molecule has 1 saturated heterocycles. The van der Waals surface area contributed by atoms with Crippen molar-refractivity contribution >= 4 is 18.4 Å². The molecule has 0 aliphatic carbocycles. The Morgan fingerprint density at radius 1 is 1.29 bits per heavy atom. The highest BCUT2D eigenvalue weighted by atomic mass is 35.5. The van der Waals surface area contributed by atoms with Crippen molar-refractivity contribution in [3.05, 3.63) is 35.5 Å². The van der Waals surface area contributed by atoms with Crippen LogP contribution < -0.4 is 0 Å². The third-order valence-corrected chi connectivity index (χ3v) is 4.63. The average Bonchev–Trinajstić information content (AvgIpc) is 3.08. The summed E-state index contributed by atoms with van der Waals surface area (Å²) in [4.78, 5) is 18.8. The Morgan fingerprint density at radius 3 is 2.46 bits per heavy atom. The Balaban J connectivity index is 0.00000280. The van der Waals surface area contributed by atoms with Gasteiger partial charge in [0.05, 0.1) is 13.1 Å². The SMILES string of the molecule is CN(CC(=O)O)C1CCN(Cc2nc(-c3cc(F)c(F)c(F)c3)no2)CC1.Cl. The summed E-state index contributed by atoms with van der Waals surface area (Å²) < 4.78 is 44.8. The van der Waals surface area contributed by atoms with Crippen molar-refractivity contribution in [2.45, 2.75) is 25.4 Å². The Labute approximate surface area is 165 Å². The normalized spacial score (nSPS) is 15.6. The number of halogens is 4. The molecule has 1 N–H and O–H groups in total. The minimum Gasteiger partial charge on any atom is -0.480 e. The van der Waals surface area contributed by atoms with Crippen LogP contribution >= 0.6 is 12.4 Å². The Hall–Kier alpha value is -2.17. The molecule has 0 bridgehead atoms. The van der Waals surface area contributed by atoms with E-state index in [2.05, 4.69) is 15.0 Å². The van der Waals surface area contributed by atoms with Gasteiger partial charge in [0.1, 0.15) is 0 Å². The number of benzene rings is 1. The van der Waals surface area contributed by atoms with Crippen LogP contribution in [-0.2, 0) is 11.3 Å². The summed E-state index contributed by atoms with van der Waals surface area (Å²) in [5, 5.41) is 12.6. The monoisotopic (exact) mass is 420 g/mol. The van der Waals surface area contributed by atoms with Gasteiger partial charge in [-0.1, -0.05) is 5.16 Å². The Morgan fingerprint density at radius 2 is 1.89 bits per heavy atom. The van der Waals surface area contributed by atoms with E-state index in [1.807, 2.05) is 4.90 Å². The second-order valence-electron chi connectivity index (χ2n) is 6.58. The van der Waals surface area contributed by atoms with Crippen LogP contribution in [0.25, 0.3) is 11.4 Å². The van der Waals surface area contributed by atoms with Crippen LogP contribution in [0.4, 0.5) is 13.2 Å². The molecule has 1 fully saturated rings. The van der Waals surface area contributed by atoms with E-state index in [1.54, 1.807) is 7.05 Å². The molecule has 0 amide bonds. The standard InChI is InChI=1S/C17H19F3N4O3.ClH/c1-23(9-15(25)26)11-2-4-24(5-3-11)8-14-21-17(22-27-14)10-6-12(18)16(20)13(19)7-10;/h6-7,11H,2-5,8-9H2,1H3,(H,25,26);1H. The molecule has 0 spiro atoms. The lowest BCUT2D eigenvalue weighted by molar-refractivity contribution is -0.138. The summed E-state index contributed by atoms with van der Waals surface area (Å²) >= 11 is 0. The van der Waals surface area contributed by atoms with Crippen LogP contribution in [0.5, 0.6) is 0 Å². The first-order valence-corrected chi connectivity index (χ1v) is 8.45. The number of piperidine rings is 1. The van der Waals surface area contributed by atoms with E-state index in [9.17, 15) is 18.0 Å². The number of carboxylic acid groups (broad SMARTS) is 1. The first-order valence-electron chi connectivity index (χ1n) is 8.45. The zero-order valence-electron chi connectivity index (χ0n) is 15.1. The largest absolute Gasteiger partial charge is 0.480 e. The maximum absolute atomic E-state index is 13.3. The molecule has 28 heavy (non-hydrogen) atoms. The predicted molar refractivity (Wildman–Crippen MR) is 95.4 cm³/mol. The fourth-order valence-corrected chi connectivity index (χ4v) is 3.17. The number of likely N-dealkylation sites (tertiary alicyclic amines) is 1. The van der Waals surface area contributed by atoms with Gasteiger partial charge in [0.2, 0.25) is 11.7 Å². The molecule has 1 aliphatic rings. The number of aliphatic carboxylic acids is 1. The molecule has 1 aliphatic heterocycles. The third kappa shape index (κ3) is 5.21. The van der Waals surface area contributed by atoms with Crippen molar-refractivity contribution in [2.24, 2.45) is 0 Å². The molecule has 1 aromatic carbocycles. The smallest absolute Gasteiger partial charge is 0.317 e. The van der Waals surface area contributed by atoms with Gasteiger partial charge in [-0.05, 0) is 32.0 Å². The first-order chi connectivity index (χ1) is 12.8.